The van der Waals surface area contributed by atoms with Gasteiger partial charge in [-0.1, -0.05) is 39.5 Å². The van der Waals surface area contributed by atoms with Crippen LogP contribution in [-0.2, 0) is 0 Å². The lowest BCUT2D eigenvalue weighted by atomic mass is 10.1. The van der Waals surface area contributed by atoms with Gasteiger partial charge in [-0.05, 0) is 77.4 Å². The summed E-state index contributed by atoms with van der Waals surface area (Å²) in [5.41, 5.74) is 0. The van der Waals surface area contributed by atoms with Crippen LogP contribution in [0, 0.1) is 5.92 Å². The summed E-state index contributed by atoms with van der Waals surface area (Å²) in [5, 5.41) is 6.87. The molecule has 0 amide bonds. The van der Waals surface area contributed by atoms with E-state index in [0.717, 1.165) is 19.0 Å². The van der Waals surface area contributed by atoms with Crippen molar-refractivity contribution >= 4 is 12.4 Å². The first kappa shape index (κ1) is 22.2. The average molecular weight is 334 g/mol. The molecule has 0 spiro atoms. The Labute approximate surface area is 145 Å². The zero-order valence-electron chi connectivity index (χ0n) is 15.0. The zero-order valence-corrected chi connectivity index (χ0v) is 15.9. The third-order valence-corrected chi connectivity index (χ3v) is 4.44. The highest BCUT2D eigenvalue weighted by Gasteiger charge is 2.20. The Hall–Kier alpha value is 0.170. The van der Waals surface area contributed by atoms with E-state index in [0.29, 0.717) is 0 Å². The van der Waals surface area contributed by atoms with Crippen LogP contribution >= 0.6 is 12.4 Å². The molecule has 1 fully saturated rings. The summed E-state index contributed by atoms with van der Waals surface area (Å²) in [6.07, 6.45) is 11.3. The topological polar surface area (TPSA) is 27.3 Å². The average Bonchev–Trinajstić information content (AvgIpc) is 3.31. The molecule has 22 heavy (non-hydrogen) atoms. The van der Waals surface area contributed by atoms with E-state index in [1.807, 2.05) is 0 Å². The van der Waals surface area contributed by atoms with E-state index in [1.54, 1.807) is 0 Å². The summed E-state index contributed by atoms with van der Waals surface area (Å²) >= 11 is 0. The molecule has 1 rings (SSSR count). The predicted molar refractivity (Wildman–Crippen MR) is 101 cm³/mol. The maximum Gasteiger partial charge on any atom is -0.000664 e. The molecule has 0 saturated heterocycles. The first-order chi connectivity index (χ1) is 10.4. The second kappa shape index (κ2) is 16.0. The Balaban J connectivity index is 0.00000441. The van der Waals surface area contributed by atoms with E-state index >= 15 is 0 Å². The molecule has 0 unspecified atom stereocenters. The maximum atomic E-state index is 3.44. The minimum atomic E-state index is 0. The molecular formula is C18H40ClN3. The van der Waals surface area contributed by atoms with Gasteiger partial charge in [0, 0.05) is 0 Å². The molecule has 0 aromatic carbocycles. The molecule has 1 aliphatic carbocycles. The van der Waals surface area contributed by atoms with E-state index in [1.165, 1.54) is 84.1 Å². The largest absolute Gasteiger partial charge is 0.317 e. The molecule has 1 saturated carbocycles. The Kier molecular flexibility index (Phi) is 16.2. The first-order valence-electron chi connectivity index (χ1n) is 9.50. The number of hydrogen-bond donors (Lipinski definition) is 2. The van der Waals surface area contributed by atoms with Crippen molar-refractivity contribution in [2.75, 3.05) is 45.8 Å². The van der Waals surface area contributed by atoms with Crippen LogP contribution in [-0.4, -0.2) is 50.7 Å². The smallest absolute Gasteiger partial charge is 0.000664 e. The molecule has 0 radical (unpaired) electrons. The second-order valence-electron chi connectivity index (χ2n) is 6.55. The number of nitrogens with zero attached hydrogens (tertiary/aromatic N) is 1. The van der Waals surface area contributed by atoms with Crippen LogP contribution < -0.4 is 10.6 Å². The van der Waals surface area contributed by atoms with Crippen LogP contribution in [0.3, 0.4) is 0 Å². The normalized spacial score (nSPS) is 14.3. The Morgan fingerprint density at radius 3 is 1.91 bits per heavy atom. The minimum absolute atomic E-state index is 0. The number of halogens is 1. The van der Waals surface area contributed by atoms with Gasteiger partial charge in [0.05, 0.1) is 0 Å². The molecule has 134 valence electrons. The van der Waals surface area contributed by atoms with Gasteiger partial charge in [0.1, 0.15) is 0 Å². The lowest BCUT2D eigenvalue weighted by Crippen LogP contribution is -2.30. The highest BCUT2D eigenvalue weighted by Crippen LogP contribution is 2.33. The summed E-state index contributed by atoms with van der Waals surface area (Å²) in [5.74, 6) is 1.10. The molecule has 0 aromatic heterocycles. The zero-order chi connectivity index (χ0) is 15.2. The Bertz CT molecular complexity index is 222. The SMILES string of the molecule is CCNCCCCN(CCCCC1CC1)CCCNCC.Cl. The number of nitrogens with one attached hydrogen (secondary N) is 2. The molecule has 0 bridgehead atoms. The molecule has 0 aromatic rings. The first-order valence-corrected chi connectivity index (χ1v) is 9.50. The van der Waals surface area contributed by atoms with Crippen molar-refractivity contribution in [1.82, 2.24) is 15.5 Å². The summed E-state index contributed by atoms with van der Waals surface area (Å²) in [6, 6.07) is 0. The van der Waals surface area contributed by atoms with Crippen molar-refractivity contribution in [2.24, 2.45) is 5.92 Å². The van der Waals surface area contributed by atoms with E-state index in [2.05, 4.69) is 29.4 Å². The van der Waals surface area contributed by atoms with E-state index in [4.69, 9.17) is 0 Å². The Morgan fingerprint density at radius 1 is 0.773 bits per heavy atom. The molecule has 2 N–H and O–H groups in total. The highest BCUT2D eigenvalue weighted by molar-refractivity contribution is 5.85. The quantitative estimate of drug-likeness (QED) is 0.422. The Morgan fingerprint density at radius 2 is 1.32 bits per heavy atom. The van der Waals surface area contributed by atoms with Gasteiger partial charge in [-0.25, -0.2) is 0 Å². The van der Waals surface area contributed by atoms with Crippen molar-refractivity contribution < 1.29 is 0 Å². The van der Waals surface area contributed by atoms with Gasteiger partial charge in [0.15, 0.2) is 0 Å². The predicted octanol–water partition coefficient (Wildman–Crippen LogP) is 3.68. The van der Waals surface area contributed by atoms with E-state index in [9.17, 15) is 0 Å². The summed E-state index contributed by atoms with van der Waals surface area (Å²) in [4.78, 5) is 2.70. The van der Waals surface area contributed by atoms with Gasteiger partial charge in [0.25, 0.3) is 0 Å². The monoisotopic (exact) mass is 333 g/mol. The van der Waals surface area contributed by atoms with Gasteiger partial charge in [-0.3, -0.25) is 0 Å². The van der Waals surface area contributed by atoms with Crippen LogP contribution in [0.5, 0.6) is 0 Å². The number of rotatable bonds is 16. The molecule has 3 nitrogen and oxygen atoms in total. The lowest BCUT2D eigenvalue weighted by molar-refractivity contribution is 0.257. The summed E-state index contributed by atoms with van der Waals surface area (Å²) in [6.45, 7) is 12.8. The maximum absolute atomic E-state index is 3.44. The van der Waals surface area contributed by atoms with E-state index < -0.39 is 0 Å². The van der Waals surface area contributed by atoms with Gasteiger partial charge in [-0.15, -0.1) is 12.4 Å². The fourth-order valence-corrected chi connectivity index (χ4v) is 2.88. The fraction of sp³-hybridized carbons (Fsp3) is 1.00. The van der Waals surface area contributed by atoms with Crippen LogP contribution in [0.25, 0.3) is 0 Å². The third-order valence-electron chi connectivity index (χ3n) is 4.44. The van der Waals surface area contributed by atoms with Gasteiger partial charge >= 0.3 is 0 Å². The second-order valence-corrected chi connectivity index (χ2v) is 6.55. The van der Waals surface area contributed by atoms with Gasteiger partial charge < -0.3 is 15.5 Å². The van der Waals surface area contributed by atoms with Crippen molar-refractivity contribution in [3.63, 3.8) is 0 Å². The standard InChI is InChI=1S/C18H39N3.ClH/c1-3-19-13-6-8-16-21(17-9-14-20-4-2)15-7-5-10-18-11-12-18;/h18-20H,3-17H2,1-2H3;1H. The number of hydrogen-bond acceptors (Lipinski definition) is 3. The molecule has 4 heteroatoms. The van der Waals surface area contributed by atoms with Crippen molar-refractivity contribution in [2.45, 2.75) is 65.2 Å². The summed E-state index contributed by atoms with van der Waals surface area (Å²) in [7, 11) is 0. The van der Waals surface area contributed by atoms with Crippen molar-refractivity contribution in [3.8, 4) is 0 Å². The van der Waals surface area contributed by atoms with Crippen molar-refractivity contribution in [1.29, 1.82) is 0 Å². The lowest BCUT2D eigenvalue weighted by Gasteiger charge is -2.22. The number of unbranched alkanes of at least 4 members (excludes halogenated alkanes) is 2. The van der Waals surface area contributed by atoms with E-state index in [-0.39, 0.29) is 12.4 Å². The minimum Gasteiger partial charge on any atom is -0.317 e. The highest BCUT2D eigenvalue weighted by atomic mass is 35.5. The molecule has 0 aliphatic heterocycles. The fourth-order valence-electron chi connectivity index (χ4n) is 2.88. The van der Waals surface area contributed by atoms with Crippen LogP contribution in [0.2, 0.25) is 0 Å². The van der Waals surface area contributed by atoms with Crippen LogP contribution in [0.4, 0.5) is 0 Å². The molecule has 0 atom stereocenters. The molecule has 1 aliphatic rings. The molecule has 0 heterocycles. The van der Waals surface area contributed by atoms with Gasteiger partial charge in [0.2, 0.25) is 0 Å². The molecular weight excluding hydrogens is 294 g/mol. The van der Waals surface area contributed by atoms with Crippen LogP contribution in [0.15, 0.2) is 0 Å². The summed E-state index contributed by atoms with van der Waals surface area (Å²) < 4.78 is 0. The van der Waals surface area contributed by atoms with Gasteiger partial charge in [-0.2, -0.15) is 0 Å². The third kappa shape index (κ3) is 13.8. The van der Waals surface area contributed by atoms with Crippen molar-refractivity contribution in [3.05, 3.63) is 0 Å². The van der Waals surface area contributed by atoms with Crippen LogP contribution in [0.1, 0.15) is 65.2 Å².